The van der Waals surface area contributed by atoms with E-state index in [2.05, 4.69) is 4.98 Å². The Labute approximate surface area is 204 Å². The van der Waals surface area contributed by atoms with E-state index in [1.807, 2.05) is 47.4 Å². The molecule has 1 amide bonds. The molecule has 6 nitrogen and oxygen atoms in total. The zero-order valence-corrected chi connectivity index (χ0v) is 20.0. The van der Waals surface area contributed by atoms with Crippen LogP contribution >= 0.6 is 11.6 Å². The molecule has 0 unspecified atom stereocenters. The number of nitrogens with zero attached hydrogens (tertiary/aromatic N) is 1. The summed E-state index contributed by atoms with van der Waals surface area (Å²) in [5.41, 5.74) is 4.22. The Morgan fingerprint density at radius 3 is 2.71 bits per heavy atom. The third kappa shape index (κ3) is 4.75. The molecule has 0 radical (unpaired) electrons. The number of amides is 1. The number of rotatable bonds is 7. The van der Waals surface area contributed by atoms with Crippen molar-refractivity contribution in [2.24, 2.45) is 5.92 Å². The highest BCUT2D eigenvalue weighted by molar-refractivity contribution is 6.31. The van der Waals surface area contributed by atoms with Crippen molar-refractivity contribution in [3.05, 3.63) is 64.3 Å². The second kappa shape index (κ2) is 10.3. The summed E-state index contributed by atoms with van der Waals surface area (Å²) in [6.45, 7) is 1.64. The van der Waals surface area contributed by atoms with Gasteiger partial charge in [0.15, 0.2) is 0 Å². The molecule has 0 spiro atoms. The topological polar surface area (TPSA) is 74.8 Å². The van der Waals surface area contributed by atoms with Gasteiger partial charge in [0.05, 0.1) is 13.2 Å². The van der Waals surface area contributed by atoms with Crippen LogP contribution in [0.3, 0.4) is 0 Å². The maximum Gasteiger partial charge on any atom is 0.410 e. The van der Waals surface area contributed by atoms with Crippen molar-refractivity contribution < 1.29 is 19.4 Å². The molecule has 2 aromatic carbocycles. The first-order valence-corrected chi connectivity index (χ1v) is 12.6. The zero-order chi connectivity index (χ0) is 23.5. The molecule has 1 atom stereocenters. The van der Waals surface area contributed by atoms with Crippen molar-refractivity contribution in [1.29, 1.82) is 0 Å². The summed E-state index contributed by atoms with van der Waals surface area (Å²) < 4.78 is 11.5. The second-order valence-electron chi connectivity index (χ2n) is 9.28. The van der Waals surface area contributed by atoms with Gasteiger partial charge in [-0.25, -0.2) is 4.79 Å². The lowest BCUT2D eigenvalue weighted by Crippen LogP contribution is -2.41. The highest BCUT2D eigenvalue weighted by Crippen LogP contribution is 2.40. The third-order valence-electron chi connectivity index (χ3n) is 7.01. The van der Waals surface area contributed by atoms with Gasteiger partial charge in [0.25, 0.3) is 0 Å². The fraction of sp³-hybridized carbons (Fsp3) is 0.444. The monoisotopic (exact) mass is 482 g/mol. The maximum atomic E-state index is 13.3. The number of benzene rings is 2. The number of aliphatic hydroxyl groups excluding tert-OH is 1. The number of ether oxygens (including phenoxy) is 2. The van der Waals surface area contributed by atoms with Crippen molar-refractivity contribution >= 4 is 28.6 Å². The van der Waals surface area contributed by atoms with E-state index in [-0.39, 0.29) is 18.7 Å². The molecule has 1 aliphatic heterocycles. The van der Waals surface area contributed by atoms with Crippen LogP contribution in [-0.2, 0) is 11.2 Å². The summed E-state index contributed by atoms with van der Waals surface area (Å²) in [7, 11) is 0. The Morgan fingerprint density at radius 1 is 1.15 bits per heavy atom. The highest BCUT2D eigenvalue weighted by atomic mass is 35.5. The van der Waals surface area contributed by atoms with Crippen molar-refractivity contribution in [3.8, 4) is 5.75 Å². The minimum atomic E-state index is -0.280. The number of hydrogen-bond acceptors (Lipinski definition) is 4. The summed E-state index contributed by atoms with van der Waals surface area (Å²) in [5, 5.41) is 10.8. The van der Waals surface area contributed by atoms with E-state index in [0.717, 1.165) is 47.2 Å². The molecular weight excluding hydrogens is 452 g/mol. The summed E-state index contributed by atoms with van der Waals surface area (Å²) in [6, 6.07) is 13.4. The van der Waals surface area contributed by atoms with Crippen LogP contribution in [0.5, 0.6) is 5.75 Å². The minimum Gasteiger partial charge on any atom is -0.494 e. The number of carbonyl (C=O) groups is 1. The standard InChI is InChI=1S/C27H31ClN2O4/c28-20-8-11-24-23(16-20)22-12-13-30(27(32)34-17-18-4-1-2-5-18)26(25(22)29-24)19-6-9-21(10-7-19)33-15-3-14-31/h6-11,16,18,26,29,31H,1-5,12-15,17H2/t26-/m0/s1. The van der Waals surface area contributed by atoms with Crippen molar-refractivity contribution in [1.82, 2.24) is 9.88 Å². The first-order valence-electron chi connectivity index (χ1n) is 12.2. The number of aliphatic hydroxyl groups is 1. The molecule has 0 saturated heterocycles. The van der Waals surface area contributed by atoms with E-state index in [9.17, 15) is 4.79 Å². The van der Waals surface area contributed by atoms with Gasteiger partial charge in [0.2, 0.25) is 0 Å². The number of halogens is 1. The number of fused-ring (bicyclic) bond motifs is 3. The molecule has 5 rings (SSSR count). The van der Waals surface area contributed by atoms with Crippen LogP contribution < -0.4 is 4.74 Å². The number of H-pyrrole nitrogens is 1. The van der Waals surface area contributed by atoms with E-state index in [4.69, 9.17) is 26.2 Å². The largest absolute Gasteiger partial charge is 0.494 e. The highest BCUT2D eigenvalue weighted by Gasteiger charge is 2.36. The van der Waals surface area contributed by atoms with Crippen LogP contribution in [0.15, 0.2) is 42.5 Å². The quantitative estimate of drug-likeness (QED) is 0.414. The average Bonchev–Trinajstić information content (AvgIpc) is 3.50. The lowest BCUT2D eigenvalue weighted by atomic mass is 9.92. The summed E-state index contributed by atoms with van der Waals surface area (Å²) in [5.74, 6) is 1.22. The van der Waals surface area contributed by atoms with Crippen LogP contribution in [0.25, 0.3) is 10.9 Å². The van der Waals surface area contributed by atoms with Crippen molar-refractivity contribution in [2.75, 3.05) is 26.4 Å². The molecule has 2 N–H and O–H groups in total. The van der Waals surface area contributed by atoms with Gasteiger partial charge in [0.1, 0.15) is 11.8 Å². The van der Waals surface area contributed by atoms with E-state index in [1.165, 1.54) is 18.4 Å². The normalized spacial score (nSPS) is 18.3. The Balaban J connectivity index is 1.45. The smallest absolute Gasteiger partial charge is 0.410 e. The van der Waals surface area contributed by atoms with Crippen LogP contribution in [0, 0.1) is 5.92 Å². The number of aromatic amines is 1. The van der Waals surface area contributed by atoms with Crippen LogP contribution in [0.1, 0.15) is 55.0 Å². The average molecular weight is 483 g/mol. The minimum absolute atomic E-state index is 0.102. The first-order chi connectivity index (χ1) is 16.6. The van der Waals surface area contributed by atoms with Gasteiger partial charge < -0.3 is 19.6 Å². The number of nitrogens with one attached hydrogen (secondary N) is 1. The molecule has 34 heavy (non-hydrogen) atoms. The van der Waals surface area contributed by atoms with Gasteiger partial charge >= 0.3 is 6.09 Å². The molecule has 7 heteroatoms. The summed E-state index contributed by atoms with van der Waals surface area (Å²) in [6.07, 6.45) is 5.80. The predicted octanol–water partition coefficient (Wildman–Crippen LogP) is 5.86. The number of hydrogen-bond donors (Lipinski definition) is 2. The van der Waals surface area contributed by atoms with E-state index >= 15 is 0 Å². The Morgan fingerprint density at radius 2 is 1.94 bits per heavy atom. The second-order valence-corrected chi connectivity index (χ2v) is 9.71. The van der Waals surface area contributed by atoms with Gasteiger partial charge in [-0.3, -0.25) is 4.90 Å². The molecule has 3 aromatic rings. The molecular formula is C27H31ClN2O4. The molecule has 180 valence electrons. The lowest BCUT2D eigenvalue weighted by Gasteiger charge is -2.35. The Hall–Kier alpha value is -2.70. The molecule has 1 saturated carbocycles. The SMILES string of the molecule is O=C(OCC1CCCC1)N1CCc2c([nH]c3ccc(Cl)cc23)[C@@H]1c1ccc(OCCCO)cc1. The summed E-state index contributed by atoms with van der Waals surface area (Å²) in [4.78, 5) is 18.7. The van der Waals surface area contributed by atoms with Crippen LogP contribution in [0.2, 0.25) is 5.02 Å². The third-order valence-corrected chi connectivity index (χ3v) is 7.24. The lowest BCUT2D eigenvalue weighted by molar-refractivity contribution is 0.0763. The van der Waals surface area contributed by atoms with Crippen molar-refractivity contribution in [2.45, 2.75) is 44.6 Å². The molecule has 2 aliphatic rings. The number of aromatic nitrogens is 1. The Kier molecular flexibility index (Phi) is 6.97. The number of carbonyl (C=O) groups excluding carboxylic acids is 1. The van der Waals surface area contributed by atoms with Gasteiger partial charge in [-0.05, 0) is 66.6 Å². The van der Waals surface area contributed by atoms with Crippen LogP contribution in [-0.4, -0.2) is 47.4 Å². The van der Waals surface area contributed by atoms with Gasteiger partial charge in [-0.1, -0.05) is 36.6 Å². The fourth-order valence-corrected chi connectivity index (χ4v) is 5.43. The summed E-state index contributed by atoms with van der Waals surface area (Å²) >= 11 is 6.30. The molecule has 2 heterocycles. The fourth-order valence-electron chi connectivity index (χ4n) is 5.25. The molecule has 1 fully saturated rings. The van der Waals surface area contributed by atoms with Gasteiger partial charge in [-0.2, -0.15) is 0 Å². The van der Waals surface area contributed by atoms with Gasteiger partial charge in [-0.15, -0.1) is 0 Å². The van der Waals surface area contributed by atoms with Crippen LogP contribution in [0.4, 0.5) is 4.79 Å². The Bertz CT molecular complexity index is 1140. The maximum absolute atomic E-state index is 13.3. The van der Waals surface area contributed by atoms with Crippen molar-refractivity contribution in [3.63, 3.8) is 0 Å². The predicted molar refractivity (Wildman–Crippen MR) is 133 cm³/mol. The molecule has 1 aromatic heterocycles. The molecule has 0 bridgehead atoms. The van der Waals surface area contributed by atoms with E-state index in [0.29, 0.717) is 37.1 Å². The molecule has 1 aliphatic carbocycles. The first kappa shape index (κ1) is 23.1. The zero-order valence-electron chi connectivity index (χ0n) is 19.3. The van der Waals surface area contributed by atoms with E-state index < -0.39 is 0 Å². The van der Waals surface area contributed by atoms with E-state index in [1.54, 1.807) is 0 Å². The van der Waals surface area contributed by atoms with Gasteiger partial charge in [0, 0.05) is 41.2 Å².